The highest BCUT2D eigenvalue weighted by Crippen LogP contribution is 2.06. The second-order valence-electron chi connectivity index (χ2n) is 3.40. The molecular weight excluding hydrogens is 252 g/mol. The number of rotatable bonds is 6. The fourth-order valence-corrected chi connectivity index (χ4v) is 1.10. The number of hydrogen-bond donors (Lipinski definition) is 1. The number of carbonyl (C=O) groups is 1. The molecule has 0 aromatic rings. The van der Waals surface area contributed by atoms with Crippen molar-refractivity contribution in [2.75, 3.05) is 6.54 Å². The molecule has 0 aromatic heterocycles. The molecule has 0 bridgehead atoms. The largest absolute Gasteiger partial charge is 0.426 e. The van der Waals surface area contributed by atoms with Crippen molar-refractivity contribution in [3.05, 3.63) is 59.5 Å². The van der Waals surface area contributed by atoms with Crippen LogP contribution in [-0.4, -0.2) is 28.6 Å². The van der Waals surface area contributed by atoms with Gasteiger partial charge in [-0.15, -0.1) is 0 Å². The predicted octanol–water partition coefficient (Wildman–Crippen LogP) is 0.710. The summed E-state index contributed by atoms with van der Waals surface area (Å²) in [5.41, 5.74) is 0. The number of ether oxygens (including phenoxy) is 1. The maximum atomic E-state index is 11.0. The van der Waals surface area contributed by atoms with E-state index in [1.807, 2.05) is 0 Å². The molecule has 1 rings (SSSR count). The van der Waals surface area contributed by atoms with Gasteiger partial charge in [-0.2, -0.15) is 5.10 Å². The van der Waals surface area contributed by atoms with E-state index in [1.54, 1.807) is 0 Å². The number of carbonyl (C=O) groups excluding carboxylic acids is 1. The number of amides is 1. The smallest absolute Gasteiger partial charge is 0.402 e. The molecule has 19 heavy (non-hydrogen) atoms. The first-order valence-corrected chi connectivity index (χ1v) is 5.07. The van der Waals surface area contributed by atoms with Gasteiger partial charge in [0, 0.05) is 12.8 Å². The van der Waals surface area contributed by atoms with Crippen LogP contribution in [0.4, 0.5) is 0 Å². The summed E-state index contributed by atoms with van der Waals surface area (Å²) in [5.74, 6) is -0.385. The van der Waals surface area contributed by atoms with Crippen LogP contribution >= 0.6 is 0 Å². The molecule has 0 saturated carbocycles. The highest BCUT2D eigenvalue weighted by atomic mass is 16.7. The van der Waals surface area contributed by atoms with Gasteiger partial charge in [-0.25, -0.2) is 5.01 Å². The number of nitro groups is 1. The molecule has 1 N–H and O–H groups in total. The molecule has 1 aliphatic rings. The van der Waals surface area contributed by atoms with E-state index in [0.29, 0.717) is 5.82 Å². The Kier molecular flexibility index (Phi) is 4.58. The summed E-state index contributed by atoms with van der Waals surface area (Å²) in [5, 5.41) is 18.0. The monoisotopic (exact) mass is 264 g/mol. The van der Waals surface area contributed by atoms with E-state index in [0.717, 1.165) is 0 Å². The first-order chi connectivity index (χ1) is 8.90. The SMILES string of the molecule is C=C(/C=C/C=N/N1CC(=O)NC1=C)OC(=C)[N+](=O)[O-]. The first-order valence-electron chi connectivity index (χ1n) is 5.07. The van der Waals surface area contributed by atoms with Gasteiger partial charge in [0.2, 0.25) is 5.91 Å². The van der Waals surface area contributed by atoms with Crippen LogP contribution in [0.2, 0.25) is 0 Å². The minimum absolute atomic E-state index is 0.0441. The van der Waals surface area contributed by atoms with Gasteiger partial charge in [-0.1, -0.05) is 13.2 Å². The Morgan fingerprint density at radius 3 is 2.79 bits per heavy atom. The molecule has 1 heterocycles. The Hall–Kier alpha value is -2.90. The molecule has 1 saturated heterocycles. The van der Waals surface area contributed by atoms with E-state index in [4.69, 9.17) is 0 Å². The van der Waals surface area contributed by atoms with Gasteiger partial charge in [0.05, 0.1) is 0 Å². The third kappa shape index (κ3) is 4.46. The van der Waals surface area contributed by atoms with E-state index >= 15 is 0 Å². The van der Waals surface area contributed by atoms with Gasteiger partial charge >= 0.3 is 5.88 Å². The third-order valence-electron chi connectivity index (χ3n) is 1.92. The van der Waals surface area contributed by atoms with Gasteiger partial charge in [0.25, 0.3) is 0 Å². The second-order valence-corrected chi connectivity index (χ2v) is 3.40. The zero-order valence-electron chi connectivity index (χ0n) is 10.0. The normalized spacial score (nSPS) is 15.1. The number of hydrazone groups is 1. The van der Waals surface area contributed by atoms with Crippen molar-refractivity contribution < 1.29 is 14.5 Å². The van der Waals surface area contributed by atoms with E-state index in [2.05, 4.69) is 34.9 Å². The van der Waals surface area contributed by atoms with Crippen LogP contribution in [0.3, 0.4) is 0 Å². The minimum Gasteiger partial charge on any atom is -0.402 e. The molecule has 1 amide bonds. The van der Waals surface area contributed by atoms with Gasteiger partial charge in [0.1, 0.15) is 23.0 Å². The maximum absolute atomic E-state index is 11.0. The Balaban J connectivity index is 2.43. The first kappa shape index (κ1) is 14.2. The Morgan fingerprint density at radius 1 is 1.58 bits per heavy atom. The second kappa shape index (κ2) is 6.15. The van der Waals surface area contributed by atoms with Gasteiger partial charge < -0.3 is 10.1 Å². The van der Waals surface area contributed by atoms with Crippen LogP contribution in [0, 0.1) is 10.1 Å². The molecule has 0 atom stereocenters. The molecule has 8 heteroatoms. The zero-order valence-corrected chi connectivity index (χ0v) is 10.0. The summed E-state index contributed by atoms with van der Waals surface area (Å²) in [4.78, 5) is 20.5. The topological polar surface area (TPSA) is 97.1 Å². The van der Waals surface area contributed by atoms with E-state index in [-0.39, 0.29) is 18.2 Å². The fraction of sp³-hybridized carbons (Fsp3) is 0.0909. The molecular formula is C11H12N4O4. The summed E-state index contributed by atoms with van der Waals surface area (Å²) in [7, 11) is 0. The lowest BCUT2D eigenvalue weighted by Gasteiger charge is -2.07. The Labute approximate surface area is 109 Å². The lowest BCUT2D eigenvalue weighted by atomic mass is 10.4. The molecule has 0 aliphatic carbocycles. The summed E-state index contributed by atoms with van der Waals surface area (Å²) in [6.07, 6.45) is 4.19. The maximum Gasteiger partial charge on any atom is 0.426 e. The predicted molar refractivity (Wildman–Crippen MR) is 68.0 cm³/mol. The van der Waals surface area contributed by atoms with Crippen molar-refractivity contribution in [1.82, 2.24) is 10.3 Å². The molecule has 0 spiro atoms. The van der Waals surface area contributed by atoms with E-state index < -0.39 is 10.8 Å². The average Bonchev–Trinajstić information content (AvgIpc) is 2.63. The van der Waals surface area contributed by atoms with Crippen molar-refractivity contribution in [2.45, 2.75) is 0 Å². The standard InChI is InChI=1S/C11H12N4O4/c1-8(19-10(3)15(17)18)5-4-6-12-14-7-11(16)13-9(14)2/h4-6H,1-3,7H2,(H,13,16)/b5-4+,12-6+. The summed E-state index contributed by atoms with van der Waals surface area (Å²) < 4.78 is 4.69. The number of allylic oxidation sites excluding steroid dienone is 2. The number of nitrogens with one attached hydrogen (secondary N) is 1. The number of hydrogen-bond acceptors (Lipinski definition) is 6. The summed E-state index contributed by atoms with van der Waals surface area (Å²) >= 11 is 0. The van der Waals surface area contributed by atoms with Crippen LogP contribution in [0.1, 0.15) is 0 Å². The molecule has 0 unspecified atom stereocenters. The van der Waals surface area contributed by atoms with Crippen molar-refractivity contribution in [3.8, 4) is 0 Å². The third-order valence-corrected chi connectivity index (χ3v) is 1.92. The van der Waals surface area contributed by atoms with Crippen LogP contribution in [0.5, 0.6) is 0 Å². The fourth-order valence-electron chi connectivity index (χ4n) is 1.10. The van der Waals surface area contributed by atoms with Crippen molar-refractivity contribution in [3.63, 3.8) is 0 Å². The van der Waals surface area contributed by atoms with Crippen LogP contribution in [0.15, 0.2) is 54.5 Å². The van der Waals surface area contributed by atoms with E-state index in [9.17, 15) is 14.9 Å². The minimum atomic E-state index is -0.765. The Morgan fingerprint density at radius 2 is 2.26 bits per heavy atom. The van der Waals surface area contributed by atoms with Crippen molar-refractivity contribution in [2.24, 2.45) is 5.10 Å². The van der Waals surface area contributed by atoms with Crippen LogP contribution < -0.4 is 5.32 Å². The van der Waals surface area contributed by atoms with E-state index in [1.165, 1.54) is 23.4 Å². The Bertz CT molecular complexity index is 507. The lowest BCUT2D eigenvalue weighted by Crippen LogP contribution is -2.12. The molecule has 8 nitrogen and oxygen atoms in total. The van der Waals surface area contributed by atoms with Gasteiger partial charge in [0.15, 0.2) is 0 Å². The highest BCUT2D eigenvalue weighted by molar-refractivity contribution is 5.83. The van der Waals surface area contributed by atoms with Crippen molar-refractivity contribution in [1.29, 1.82) is 0 Å². The quantitative estimate of drug-likeness (QED) is 0.250. The molecule has 0 aromatic carbocycles. The van der Waals surface area contributed by atoms with Crippen LogP contribution in [0.25, 0.3) is 0 Å². The van der Waals surface area contributed by atoms with Gasteiger partial charge in [-0.05, 0) is 12.2 Å². The highest BCUT2D eigenvalue weighted by Gasteiger charge is 2.20. The molecule has 0 radical (unpaired) electrons. The summed E-state index contributed by atoms with van der Waals surface area (Å²) in [6.45, 7) is 10.2. The molecule has 100 valence electrons. The average molecular weight is 264 g/mol. The number of nitrogens with zero attached hydrogens (tertiary/aromatic N) is 3. The van der Waals surface area contributed by atoms with Crippen molar-refractivity contribution >= 4 is 12.1 Å². The summed E-state index contributed by atoms with van der Waals surface area (Å²) in [6, 6.07) is 0. The molecule has 1 fully saturated rings. The molecule has 1 aliphatic heterocycles. The lowest BCUT2D eigenvalue weighted by molar-refractivity contribution is -0.458. The van der Waals surface area contributed by atoms with Gasteiger partial charge in [-0.3, -0.25) is 14.9 Å². The zero-order chi connectivity index (χ0) is 14.4. The van der Waals surface area contributed by atoms with Crippen LogP contribution in [-0.2, 0) is 9.53 Å².